The Bertz CT molecular complexity index is 250. The molecule has 0 saturated carbocycles. The summed E-state index contributed by atoms with van der Waals surface area (Å²) in [7, 11) is 0. The largest absolute Gasteiger partial charge is 0.481 e. The molecule has 2 heterocycles. The summed E-state index contributed by atoms with van der Waals surface area (Å²) in [4.78, 5) is 13.6. The Kier molecular flexibility index (Phi) is 2.98. The van der Waals surface area contributed by atoms with Crippen molar-refractivity contribution >= 4 is 5.97 Å². The molecule has 86 valence electrons. The molecule has 2 rings (SSSR count). The van der Waals surface area contributed by atoms with Crippen LogP contribution in [-0.2, 0) is 9.53 Å². The molecular formula is C11H19NO3. The SMILES string of the molecule is CCC1(C(=O)O)CCN(C2CCOC2)C1. The number of likely N-dealkylation sites (tertiary alicyclic amines) is 1. The summed E-state index contributed by atoms with van der Waals surface area (Å²) in [6.07, 6.45) is 2.57. The van der Waals surface area contributed by atoms with Gasteiger partial charge in [-0.05, 0) is 25.8 Å². The second kappa shape index (κ2) is 4.10. The van der Waals surface area contributed by atoms with Crippen molar-refractivity contribution in [2.45, 2.75) is 32.2 Å². The second-order valence-electron chi connectivity index (χ2n) is 4.68. The van der Waals surface area contributed by atoms with Gasteiger partial charge >= 0.3 is 5.97 Å². The molecule has 15 heavy (non-hydrogen) atoms. The minimum absolute atomic E-state index is 0.456. The summed E-state index contributed by atoms with van der Waals surface area (Å²) in [6, 6.07) is 0.456. The van der Waals surface area contributed by atoms with E-state index in [0.717, 1.165) is 39.0 Å². The Labute approximate surface area is 90.2 Å². The van der Waals surface area contributed by atoms with Gasteiger partial charge in [0.05, 0.1) is 12.0 Å². The quantitative estimate of drug-likeness (QED) is 0.758. The van der Waals surface area contributed by atoms with E-state index in [1.54, 1.807) is 0 Å². The number of hydrogen-bond donors (Lipinski definition) is 1. The lowest BCUT2D eigenvalue weighted by molar-refractivity contribution is -0.148. The third-order valence-corrected chi connectivity index (χ3v) is 3.94. The third kappa shape index (κ3) is 1.88. The van der Waals surface area contributed by atoms with Crippen LogP contribution in [0.15, 0.2) is 0 Å². The summed E-state index contributed by atoms with van der Waals surface area (Å²) in [5, 5.41) is 9.27. The van der Waals surface area contributed by atoms with Crippen molar-refractivity contribution in [2.24, 2.45) is 5.41 Å². The molecule has 0 bridgehead atoms. The Hall–Kier alpha value is -0.610. The van der Waals surface area contributed by atoms with Crippen LogP contribution in [0.3, 0.4) is 0 Å². The lowest BCUT2D eigenvalue weighted by atomic mass is 9.84. The smallest absolute Gasteiger partial charge is 0.310 e. The number of carboxylic acids is 1. The fourth-order valence-electron chi connectivity index (χ4n) is 2.64. The Morgan fingerprint density at radius 1 is 1.67 bits per heavy atom. The molecular weight excluding hydrogens is 194 g/mol. The minimum atomic E-state index is -0.633. The molecule has 2 aliphatic heterocycles. The molecule has 0 aliphatic carbocycles. The number of aliphatic carboxylic acids is 1. The van der Waals surface area contributed by atoms with Gasteiger partial charge in [-0.1, -0.05) is 6.92 Å². The predicted molar refractivity (Wildman–Crippen MR) is 55.8 cm³/mol. The summed E-state index contributed by atoms with van der Waals surface area (Å²) in [5.74, 6) is -0.633. The Morgan fingerprint density at radius 2 is 2.47 bits per heavy atom. The molecule has 4 nitrogen and oxygen atoms in total. The number of hydrogen-bond acceptors (Lipinski definition) is 3. The molecule has 0 amide bonds. The monoisotopic (exact) mass is 213 g/mol. The van der Waals surface area contributed by atoms with Crippen molar-refractivity contribution in [3.05, 3.63) is 0 Å². The van der Waals surface area contributed by atoms with E-state index in [0.29, 0.717) is 12.6 Å². The Morgan fingerprint density at radius 3 is 2.93 bits per heavy atom. The molecule has 0 aromatic rings. The molecule has 2 fully saturated rings. The van der Waals surface area contributed by atoms with Crippen molar-refractivity contribution < 1.29 is 14.6 Å². The van der Waals surface area contributed by atoms with Crippen molar-refractivity contribution in [3.63, 3.8) is 0 Å². The fraction of sp³-hybridized carbons (Fsp3) is 0.909. The van der Waals surface area contributed by atoms with E-state index in [1.165, 1.54) is 0 Å². The van der Waals surface area contributed by atoms with Crippen LogP contribution in [0.1, 0.15) is 26.2 Å². The fourth-order valence-corrected chi connectivity index (χ4v) is 2.64. The standard InChI is InChI=1S/C11H19NO3/c1-2-11(10(13)14)4-5-12(8-11)9-3-6-15-7-9/h9H,2-8H2,1H3,(H,13,14). The molecule has 0 aromatic heterocycles. The number of nitrogens with zero attached hydrogens (tertiary/aromatic N) is 1. The first-order valence-corrected chi connectivity index (χ1v) is 5.73. The highest BCUT2D eigenvalue weighted by atomic mass is 16.5. The van der Waals surface area contributed by atoms with Crippen LogP contribution in [-0.4, -0.2) is 48.3 Å². The average Bonchev–Trinajstić information content (AvgIpc) is 2.87. The maximum atomic E-state index is 11.3. The van der Waals surface area contributed by atoms with Gasteiger partial charge in [-0.2, -0.15) is 0 Å². The first-order valence-electron chi connectivity index (χ1n) is 5.73. The summed E-state index contributed by atoms with van der Waals surface area (Å²) in [6.45, 7) is 5.19. The molecule has 2 unspecified atom stereocenters. The van der Waals surface area contributed by atoms with Crippen molar-refractivity contribution in [1.29, 1.82) is 0 Å². The zero-order valence-electron chi connectivity index (χ0n) is 9.24. The van der Waals surface area contributed by atoms with Gasteiger partial charge in [0, 0.05) is 19.2 Å². The highest BCUT2D eigenvalue weighted by Gasteiger charge is 2.45. The lowest BCUT2D eigenvalue weighted by Crippen LogP contribution is -2.38. The van der Waals surface area contributed by atoms with Crippen LogP contribution in [0, 0.1) is 5.41 Å². The number of ether oxygens (including phenoxy) is 1. The Balaban J connectivity index is 2.00. The van der Waals surface area contributed by atoms with Crippen LogP contribution in [0.5, 0.6) is 0 Å². The second-order valence-corrected chi connectivity index (χ2v) is 4.68. The van der Waals surface area contributed by atoms with Crippen molar-refractivity contribution in [3.8, 4) is 0 Å². The van der Waals surface area contributed by atoms with Gasteiger partial charge in [-0.25, -0.2) is 0 Å². The zero-order valence-corrected chi connectivity index (χ0v) is 9.24. The maximum absolute atomic E-state index is 11.3. The van der Waals surface area contributed by atoms with E-state index in [1.807, 2.05) is 6.92 Å². The van der Waals surface area contributed by atoms with Gasteiger partial charge in [-0.15, -0.1) is 0 Å². The van der Waals surface area contributed by atoms with E-state index in [-0.39, 0.29) is 0 Å². The molecule has 4 heteroatoms. The van der Waals surface area contributed by atoms with E-state index in [9.17, 15) is 9.90 Å². The predicted octanol–water partition coefficient (Wildman–Crippen LogP) is 0.962. The van der Waals surface area contributed by atoms with Crippen LogP contribution in [0.4, 0.5) is 0 Å². The minimum Gasteiger partial charge on any atom is -0.481 e. The van der Waals surface area contributed by atoms with Gasteiger partial charge in [0.2, 0.25) is 0 Å². The summed E-state index contributed by atoms with van der Waals surface area (Å²) >= 11 is 0. The lowest BCUT2D eigenvalue weighted by Gasteiger charge is -2.26. The summed E-state index contributed by atoms with van der Waals surface area (Å²) in [5.41, 5.74) is -0.497. The number of carboxylic acid groups (broad SMARTS) is 1. The molecule has 0 aromatic carbocycles. The van der Waals surface area contributed by atoms with E-state index < -0.39 is 11.4 Å². The maximum Gasteiger partial charge on any atom is 0.310 e. The van der Waals surface area contributed by atoms with Gasteiger partial charge in [0.1, 0.15) is 0 Å². The number of carbonyl (C=O) groups is 1. The topological polar surface area (TPSA) is 49.8 Å². The van der Waals surface area contributed by atoms with Crippen LogP contribution in [0.25, 0.3) is 0 Å². The number of rotatable bonds is 3. The average molecular weight is 213 g/mol. The molecule has 2 aliphatic rings. The first-order chi connectivity index (χ1) is 7.18. The van der Waals surface area contributed by atoms with Crippen LogP contribution >= 0.6 is 0 Å². The van der Waals surface area contributed by atoms with E-state index in [2.05, 4.69) is 4.90 Å². The van der Waals surface area contributed by atoms with Gasteiger partial charge in [0.25, 0.3) is 0 Å². The van der Waals surface area contributed by atoms with Gasteiger partial charge in [0.15, 0.2) is 0 Å². The van der Waals surface area contributed by atoms with Crippen LogP contribution < -0.4 is 0 Å². The van der Waals surface area contributed by atoms with Gasteiger partial charge in [-0.3, -0.25) is 9.69 Å². The van der Waals surface area contributed by atoms with E-state index in [4.69, 9.17) is 4.74 Å². The third-order valence-electron chi connectivity index (χ3n) is 3.94. The first kappa shape index (κ1) is 10.9. The highest BCUT2D eigenvalue weighted by molar-refractivity contribution is 5.75. The normalized spacial score (nSPS) is 37.3. The molecule has 2 saturated heterocycles. The van der Waals surface area contributed by atoms with Crippen LogP contribution in [0.2, 0.25) is 0 Å². The highest BCUT2D eigenvalue weighted by Crippen LogP contribution is 2.36. The molecule has 0 spiro atoms. The van der Waals surface area contributed by atoms with Crippen molar-refractivity contribution in [2.75, 3.05) is 26.3 Å². The van der Waals surface area contributed by atoms with E-state index >= 15 is 0 Å². The zero-order chi connectivity index (χ0) is 10.9. The molecule has 1 N–H and O–H groups in total. The molecule has 0 radical (unpaired) electrons. The van der Waals surface area contributed by atoms with Gasteiger partial charge < -0.3 is 9.84 Å². The summed E-state index contributed by atoms with van der Waals surface area (Å²) < 4.78 is 5.34. The molecule has 2 atom stereocenters. The van der Waals surface area contributed by atoms with Crippen molar-refractivity contribution in [1.82, 2.24) is 4.90 Å².